The van der Waals surface area contributed by atoms with Gasteiger partial charge in [-0.25, -0.2) is 4.79 Å². The molecule has 0 radical (unpaired) electrons. The Morgan fingerprint density at radius 3 is 3.06 bits per heavy atom. The lowest BCUT2D eigenvalue weighted by Gasteiger charge is -2.45. The van der Waals surface area contributed by atoms with Crippen molar-refractivity contribution in [1.29, 1.82) is 0 Å². The molecule has 0 amide bonds. The second-order valence-corrected chi connectivity index (χ2v) is 6.17. The van der Waals surface area contributed by atoms with E-state index >= 15 is 0 Å². The Balaban J connectivity index is 2.01. The average molecular weight is 232 g/mol. The fraction of sp³-hybridized carbons (Fsp3) is 0.667. The molecule has 2 heteroatoms. The van der Waals surface area contributed by atoms with E-state index < -0.39 is 0 Å². The molecule has 1 saturated carbocycles. The van der Waals surface area contributed by atoms with Crippen LogP contribution in [0.4, 0.5) is 0 Å². The zero-order chi connectivity index (χ0) is 12.2. The maximum Gasteiger partial charge on any atom is 0.334 e. The number of rotatable bonds is 0. The van der Waals surface area contributed by atoms with Crippen LogP contribution < -0.4 is 0 Å². The van der Waals surface area contributed by atoms with Crippen molar-refractivity contribution < 1.29 is 9.53 Å². The van der Waals surface area contributed by atoms with E-state index in [4.69, 9.17) is 4.74 Å². The number of carbonyl (C=O) groups excluding carboxylic acids is 1. The first-order valence-corrected chi connectivity index (χ1v) is 6.63. The molecule has 0 aromatic carbocycles. The number of allylic oxidation sites excluding steroid dienone is 1. The highest BCUT2D eigenvalue weighted by molar-refractivity contribution is 5.91. The van der Waals surface area contributed by atoms with E-state index in [1.165, 1.54) is 19.3 Å². The first kappa shape index (κ1) is 11.1. The first-order chi connectivity index (χ1) is 8.01. The molecule has 3 rings (SSSR count). The van der Waals surface area contributed by atoms with E-state index in [2.05, 4.69) is 26.5 Å². The van der Waals surface area contributed by atoms with Gasteiger partial charge >= 0.3 is 5.97 Å². The van der Waals surface area contributed by atoms with Crippen molar-refractivity contribution in [3.8, 4) is 0 Å². The Hall–Kier alpha value is -1.05. The molecule has 1 heterocycles. The van der Waals surface area contributed by atoms with Gasteiger partial charge in [0.15, 0.2) is 0 Å². The third kappa shape index (κ3) is 1.50. The van der Waals surface area contributed by atoms with Crippen LogP contribution >= 0.6 is 0 Å². The summed E-state index contributed by atoms with van der Waals surface area (Å²) in [5.41, 5.74) is 2.45. The van der Waals surface area contributed by atoms with E-state index in [0.29, 0.717) is 11.5 Å². The van der Waals surface area contributed by atoms with E-state index in [-0.39, 0.29) is 23.4 Å². The van der Waals surface area contributed by atoms with Gasteiger partial charge in [-0.3, -0.25) is 0 Å². The first-order valence-electron chi connectivity index (χ1n) is 6.63. The van der Waals surface area contributed by atoms with Crippen molar-refractivity contribution in [1.82, 2.24) is 0 Å². The second kappa shape index (κ2) is 3.47. The second-order valence-electron chi connectivity index (χ2n) is 6.17. The van der Waals surface area contributed by atoms with Gasteiger partial charge in [-0.05, 0) is 30.6 Å². The van der Waals surface area contributed by atoms with Crippen LogP contribution in [0, 0.1) is 17.3 Å². The van der Waals surface area contributed by atoms with Crippen LogP contribution in [0.2, 0.25) is 0 Å². The van der Waals surface area contributed by atoms with E-state index in [1.54, 1.807) is 5.57 Å². The molecule has 0 spiro atoms. The molecule has 0 bridgehead atoms. The summed E-state index contributed by atoms with van der Waals surface area (Å²) < 4.78 is 5.44. The minimum atomic E-state index is -0.188. The van der Waals surface area contributed by atoms with Gasteiger partial charge in [0.25, 0.3) is 0 Å². The molecule has 2 aliphatic carbocycles. The van der Waals surface area contributed by atoms with Crippen LogP contribution in [0.1, 0.15) is 39.5 Å². The van der Waals surface area contributed by atoms with Crippen LogP contribution in [0.3, 0.4) is 0 Å². The zero-order valence-electron chi connectivity index (χ0n) is 10.7. The molecule has 1 saturated heterocycles. The lowest BCUT2D eigenvalue weighted by Crippen LogP contribution is -2.38. The summed E-state index contributed by atoms with van der Waals surface area (Å²) in [6.07, 6.45) is 7.13. The monoisotopic (exact) mass is 232 g/mol. The Kier molecular flexibility index (Phi) is 2.26. The molecule has 4 atom stereocenters. The number of hydrogen-bond donors (Lipinski definition) is 0. The molecule has 3 aliphatic rings. The Morgan fingerprint density at radius 1 is 1.53 bits per heavy atom. The number of ether oxygens (including phenoxy) is 1. The number of esters is 1. The van der Waals surface area contributed by atoms with Crippen molar-refractivity contribution in [3.63, 3.8) is 0 Å². The highest BCUT2D eigenvalue weighted by atomic mass is 16.6. The maximum atomic E-state index is 11.6. The van der Waals surface area contributed by atoms with Crippen LogP contribution in [0.5, 0.6) is 0 Å². The molecular formula is C15H20O2. The predicted molar refractivity (Wildman–Crippen MR) is 66.3 cm³/mol. The maximum absolute atomic E-state index is 11.6. The summed E-state index contributed by atoms with van der Waals surface area (Å²) >= 11 is 0. The van der Waals surface area contributed by atoms with Gasteiger partial charge in [0, 0.05) is 11.5 Å². The molecular weight excluding hydrogens is 212 g/mol. The van der Waals surface area contributed by atoms with Crippen molar-refractivity contribution in [2.45, 2.75) is 45.6 Å². The molecule has 17 heavy (non-hydrogen) atoms. The summed E-state index contributed by atoms with van der Waals surface area (Å²) in [6.45, 7) is 8.53. The quantitative estimate of drug-likeness (QED) is 0.364. The Bertz CT molecular complexity index is 421. The summed E-state index contributed by atoms with van der Waals surface area (Å²) in [6, 6.07) is 0. The van der Waals surface area contributed by atoms with Gasteiger partial charge in [0.1, 0.15) is 6.10 Å². The minimum Gasteiger partial charge on any atom is -0.458 e. The van der Waals surface area contributed by atoms with Crippen molar-refractivity contribution in [2.24, 2.45) is 17.3 Å². The van der Waals surface area contributed by atoms with E-state index in [1.807, 2.05) is 0 Å². The van der Waals surface area contributed by atoms with Gasteiger partial charge < -0.3 is 4.74 Å². The van der Waals surface area contributed by atoms with Crippen LogP contribution in [-0.2, 0) is 9.53 Å². The van der Waals surface area contributed by atoms with Crippen molar-refractivity contribution in [3.05, 3.63) is 23.8 Å². The highest BCUT2D eigenvalue weighted by Crippen LogP contribution is 2.53. The minimum absolute atomic E-state index is 0.0500. The Morgan fingerprint density at radius 2 is 2.29 bits per heavy atom. The molecule has 0 aromatic heterocycles. The average Bonchev–Trinajstić information content (AvgIpc) is 2.52. The van der Waals surface area contributed by atoms with E-state index in [9.17, 15) is 4.79 Å². The van der Waals surface area contributed by atoms with Gasteiger partial charge in [-0.15, -0.1) is 0 Å². The number of hydrogen-bond acceptors (Lipinski definition) is 2. The Labute approximate surface area is 103 Å². The van der Waals surface area contributed by atoms with Crippen LogP contribution in [0.25, 0.3) is 0 Å². The normalized spacial score (nSPS) is 44.8. The van der Waals surface area contributed by atoms with Crippen molar-refractivity contribution >= 4 is 5.97 Å². The number of carbonyl (C=O) groups is 1. The third-order valence-corrected chi connectivity index (χ3v) is 4.93. The largest absolute Gasteiger partial charge is 0.458 e. The standard InChI is InChI=1S/C15H20O2/c1-9-5-4-6-15(3)8-13-11(7-12(9)15)10(2)14(16)17-13/h7,9,11,13H,2,4-6,8H2,1,3H3/t9-,11+,13-,15+/m1/s1. The fourth-order valence-corrected chi connectivity index (χ4v) is 3.94. The van der Waals surface area contributed by atoms with Gasteiger partial charge in [-0.1, -0.05) is 38.5 Å². The SMILES string of the molecule is C=C1C(=O)O[C@@H]2C[C@]3(C)CCC[C@@H](C)C3=C[C@@H]12. The van der Waals surface area contributed by atoms with E-state index in [0.717, 1.165) is 6.42 Å². The van der Waals surface area contributed by atoms with Gasteiger partial charge in [0.05, 0.1) is 0 Å². The molecule has 1 aliphatic heterocycles. The fourth-order valence-electron chi connectivity index (χ4n) is 3.94. The molecule has 0 unspecified atom stereocenters. The third-order valence-electron chi connectivity index (χ3n) is 4.93. The summed E-state index contributed by atoms with van der Waals surface area (Å²) in [5.74, 6) is 0.607. The smallest absolute Gasteiger partial charge is 0.334 e. The summed E-state index contributed by atoms with van der Waals surface area (Å²) in [4.78, 5) is 11.6. The molecule has 92 valence electrons. The lowest BCUT2D eigenvalue weighted by atomic mass is 9.60. The summed E-state index contributed by atoms with van der Waals surface area (Å²) in [5, 5.41) is 0. The summed E-state index contributed by atoms with van der Waals surface area (Å²) in [7, 11) is 0. The highest BCUT2D eigenvalue weighted by Gasteiger charge is 2.48. The zero-order valence-corrected chi connectivity index (χ0v) is 10.7. The van der Waals surface area contributed by atoms with Crippen LogP contribution in [0.15, 0.2) is 23.8 Å². The predicted octanol–water partition coefficient (Wildman–Crippen LogP) is 3.24. The topological polar surface area (TPSA) is 26.3 Å². The molecule has 2 fully saturated rings. The molecule has 0 aromatic rings. The van der Waals surface area contributed by atoms with Gasteiger partial charge in [0.2, 0.25) is 0 Å². The van der Waals surface area contributed by atoms with Gasteiger partial charge in [-0.2, -0.15) is 0 Å². The molecule has 2 nitrogen and oxygen atoms in total. The van der Waals surface area contributed by atoms with Crippen molar-refractivity contribution in [2.75, 3.05) is 0 Å². The lowest BCUT2D eigenvalue weighted by molar-refractivity contribution is -0.140. The van der Waals surface area contributed by atoms with Crippen LogP contribution in [-0.4, -0.2) is 12.1 Å². The molecule has 0 N–H and O–H groups in total. The number of fused-ring (bicyclic) bond motifs is 2.